The Morgan fingerprint density at radius 1 is 1.43 bits per heavy atom. The van der Waals surface area contributed by atoms with Crippen LogP contribution in [0.1, 0.15) is 12.5 Å². The summed E-state index contributed by atoms with van der Waals surface area (Å²) in [6, 6.07) is 5.20. The third kappa shape index (κ3) is 4.70. The van der Waals surface area contributed by atoms with Gasteiger partial charge < -0.3 is 20.1 Å². The van der Waals surface area contributed by atoms with Crippen LogP contribution in [0.25, 0.3) is 6.08 Å². The van der Waals surface area contributed by atoms with Crippen LogP contribution in [0.4, 0.5) is 0 Å². The fourth-order valence-electron chi connectivity index (χ4n) is 1.86. The lowest BCUT2D eigenvalue weighted by atomic mass is 10.2. The smallest absolute Gasteiger partial charge is 0.263 e. The lowest BCUT2D eigenvalue weighted by molar-refractivity contribution is -0.123. The minimum absolute atomic E-state index is 0.0861. The summed E-state index contributed by atoms with van der Waals surface area (Å²) in [5, 5.41) is 5.21. The van der Waals surface area contributed by atoms with Gasteiger partial charge in [-0.05, 0) is 30.7 Å². The van der Waals surface area contributed by atoms with Crippen LogP contribution in [0, 0.1) is 0 Å². The average molecular weight is 352 g/mol. The molecule has 8 heteroatoms. The van der Waals surface area contributed by atoms with Gasteiger partial charge in [-0.3, -0.25) is 9.59 Å². The zero-order valence-corrected chi connectivity index (χ0v) is 14.3. The second-order valence-corrected chi connectivity index (χ2v) is 6.22. The van der Waals surface area contributed by atoms with E-state index in [1.165, 1.54) is 18.9 Å². The molecule has 0 bridgehead atoms. The van der Waals surface area contributed by atoms with Gasteiger partial charge in [0.05, 0.1) is 12.0 Å². The van der Waals surface area contributed by atoms with E-state index in [-0.39, 0.29) is 18.4 Å². The van der Waals surface area contributed by atoms with E-state index in [0.717, 1.165) is 5.56 Å². The number of methoxy groups -OCH3 is 1. The van der Waals surface area contributed by atoms with Gasteiger partial charge in [0.25, 0.3) is 11.8 Å². The SMILES string of the molecule is CCNC(=O)COc1ccc(/C=C2\SC(=S)NC2=O)cc1OC. The maximum absolute atomic E-state index is 11.7. The third-order valence-corrected chi connectivity index (χ3v) is 4.02. The van der Waals surface area contributed by atoms with Gasteiger partial charge in [0.15, 0.2) is 18.1 Å². The molecule has 2 rings (SSSR count). The first-order chi connectivity index (χ1) is 11.0. The van der Waals surface area contributed by atoms with Crippen molar-refractivity contribution in [2.75, 3.05) is 20.3 Å². The molecule has 0 unspecified atom stereocenters. The van der Waals surface area contributed by atoms with E-state index in [4.69, 9.17) is 21.7 Å². The molecule has 1 aromatic carbocycles. The van der Waals surface area contributed by atoms with Gasteiger partial charge >= 0.3 is 0 Å². The Morgan fingerprint density at radius 3 is 2.83 bits per heavy atom. The molecule has 1 fully saturated rings. The topological polar surface area (TPSA) is 76.7 Å². The number of thiocarbonyl (C=S) groups is 1. The van der Waals surface area contributed by atoms with Crippen LogP contribution in [0.3, 0.4) is 0 Å². The van der Waals surface area contributed by atoms with E-state index in [2.05, 4.69) is 10.6 Å². The van der Waals surface area contributed by atoms with Crippen molar-refractivity contribution in [1.82, 2.24) is 10.6 Å². The predicted octanol–water partition coefficient (Wildman–Crippen LogP) is 1.70. The number of hydrogen-bond acceptors (Lipinski definition) is 6. The lowest BCUT2D eigenvalue weighted by Crippen LogP contribution is -2.28. The van der Waals surface area contributed by atoms with Crippen molar-refractivity contribution in [2.45, 2.75) is 6.92 Å². The summed E-state index contributed by atoms with van der Waals surface area (Å²) < 4.78 is 11.2. The maximum Gasteiger partial charge on any atom is 0.263 e. The molecule has 0 aliphatic carbocycles. The Bertz CT molecular complexity index is 673. The molecule has 122 valence electrons. The molecule has 1 aromatic rings. The zero-order valence-electron chi connectivity index (χ0n) is 12.7. The fourth-order valence-corrected chi connectivity index (χ4v) is 2.90. The Kier molecular flexibility index (Phi) is 6.00. The van der Waals surface area contributed by atoms with E-state index in [1.807, 2.05) is 6.92 Å². The summed E-state index contributed by atoms with van der Waals surface area (Å²) >= 11 is 6.16. The summed E-state index contributed by atoms with van der Waals surface area (Å²) in [7, 11) is 1.51. The summed E-state index contributed by atoms with van der Waals surface area (Å²) in [5.74, 6) is 0.526. The number of thioether (sulfide) groups is 1. The molecule has 2 N–H and O–H groups in total. The summed E-state index contributed by atoms with van der Waals surface area (Å²) in [4.78, 5) is 23.6. The normalized spacial score (nSPS) is 15.5. The predicted molar refractivity (Wildman–Crippen MR) is 93.5 cm³/mol. The monoisotopic (exact) mass is 352 g/mol. The Labute approximate surface area is 143 Å². The Hall–Kier alpha value is -2.06. The highest BCUT2D eigenvalue weighted by Crippen LogP contribution is 2.31. The molecule has 1 saturated heterocycles. The molecule has 2 amide bonds. The number of carbonyl (C=O) groups is 2. The number of carbonyl (C=O) groups excluding carboxylic acids is 2. The number of rotatable bonds is 6. The van der Waals surface area contributed by atoms with Crippen molar-refractivity contribution in [2.24, 2.45) is 0 Å². The molecule has 0 spiro atoms. The van der Waals surface area contributed by atoms with Crippen molar-refractivity contribution < 1.29 is 19.1 Å². The molecule has 6 nitrogen and oxygen atoms in total. The van der Waals surface area contributed by atoms with E-state index >= 15 is 0 Å². The van der Waals surface area contributed by atoms with Crippen molar-refractivity contribution in [3.05, 3.63) is 28.7 Å². The van der Waals surface area contributed by atoms with Crippen molar-refractivity contribution in [1.29, 1.82) is 0 Å². The van der Waals surface area contributed by atoms with Gasteiger partial charge in [-0.1, -0.05) is 30.0 Å². The minimum atomic E-state index is -0.212. The van der Waals surface area contributed by atoms with Gasteiger partial charge in [-0.15, -0.1) is 0 Å². The maximum atomic E-state index is 11.7. The second kappa shape index (κ2) is 7.98. The van der Waals surface area contributed by atoms with Gasteiger partial charge in [0.2, 0.25) is 0 Å². The quantitative estimate of drug-likeness (QED) is 0.599. The van der Waals surface area contributed by atoms with E-state index in [1.54, 1.807) is 24.3 Å². The van der Waals surface area contributed by atoms with E-state index in [9.17, 15) is 9.59 Å². The van der Waals surface area contributed by atoms with Crippen molar-refractivity contribution >= 4 is 46.2 Å². The van der Waals surface area contributed by atoms with Crippen molar-refractivity contribution in [3.63, 3.8) is 0 Å². The molecular weight excluding hydrogens is 336 g/mol. The summed E-state index contributed by atoms with van der Waals surface area (Å²) in [5.41, 5.74) is 0.773. The average Bonchev–Trinajstić information content (AvgIpc) is 2.83. The van der Waals surface area contributed by atoms with Crippen LogP contribution in [-0.4, -0.2) is 36.4 Å². The molecule has 1 aliphatic heterocycles. The van der Waals surface area contributed by atoms with Crippen LogP contribution in [0.2, 0.25) is 0 Å². The molecule has 0 radical (unpaired) electrons. The fraction of sp³-hybridized carbons (Fsp3) is 0.267. The number of hydrogen-bond donors (Lipinski definition) is 2. The molecule has 0 saturated carbocycles. The van der Waals surface area contributed by atoms with Crippen LogP contribution in [-0.2, 0) is 9.59 Å². The van der Waals surface area contributed by atoms with Gasteiger partial charge in [-0.25, -0.2) is 0 Å². The second-order valence-electron chi connectivity index (χ2n) is 4.50. The van der Waals surface area contributed by atoms with Crippen molar-refractivity contribution in [3.8, 4) is 11.5 Å². The summed E-state index contributed by atoms with van der Waals surface area (Å²) in [6.45, 7) is 2.30. The van der Waals surface area contributed by atoms with Gasteiger partial charge in [0, 0.05) is 6.54 Å². The lowest BCUT2D eigenvalue weighted by Gasteiger charge is -2.11. The summed E-state index contributed by atoms with van der Waals surface area (Å²) in [6.07, 6.45) is 1.72. The highest BCUT2D eigenvalue weighted by atomic mass is 32.2. The van der Waals surface area contributed by atoms with Crippen LogP contribution in [0.15, 0.2) is 23.1 Å². The highest BCUT2D eigenvalue weighted by Gasteiger charge is 2.22. The largest absolute Gasteiger partial charge is 0.493 e. The molecular formula is C15H16N2O4S2. The Balaban J connectivity index is 2.13. The molecule has 1 aliphatic rings. The number of likely N-dealkylation sites (N-methyl/N-ethyl adjacent to an activating group) is 1. The third-order valence-electron chi connectivity index (χ3n) is 2.86. The standard InChI is InChI=1S/C15H16N2O4S2/c1-3-16-13(18)8-21-10-5-4-9(6-11(10)20-2)7-12-14(19)17-15(22)23-12/h4-7H,3,8H2,1-2H3,(H,16,18)(H,17,19,22)/b12-7-. The molecule has 23 heavy (non-hydrogen) atoms. The zero-order chi connectivity index (χ0) is 16.8. The number of benzene rings is 1. The number of ether oxygens (including phenoxy) is 2. The Morgan fingerprint density at radius 2 is 2.22 bits per heavy atom. The number of amides is 2. The van der Waals surface area contributed by atoms with Gasteiger partial charge in [0.1, 0.15) is 4.32 Å². The molecule has 1 heterocycles. The van der Waals surface area contributed by atoms with Crippen LogP contribution in [0.5, 0.6) is 11.5 Å². The van der Waals surface area contributed by atoms with E-state index in [0.29, 0.717) is 27.3 Å². The molecule has 0 atom stereocenters. The highest BCUT2D eigenvalue weighted by molar-refractivity contribution is 8.26. The van der Waals surface area contributed by atoms with Crippen LogP contribution >= 0.6 is 24.0 Å². The first-order valence-electron chi connectivity index (χ1n) is 6.86. The van der Waals surface area contributed by atoms with Crippen LogP contribution < -0.4 is 20.1 Å². The number of nitrogens with one attached hydrogen (secondary N) is 2. The first kappa shape index (κ1) is 17.3. The van der Waals surface area contributed by atoms with E-state index < -0.39 is 0 Å². The minimum Gasteiger partial charge on any atom is -0.493 e. The first-order valence-corrected chi connectivity index (χ1v) is 8.08. The van der Waals surface area contributed by atoms with Gasteiger partial charge in [-0.2, -0.15) is 0 Å². The molecule has 0 aromatic heterocycles.